The van der Waals surface area contributed by atoms with E-state index in [1.165, 1.54) is 0 Å². The summed E-state index contributed by atoms with van der Waals surface area (Å²) < 4.78 is 0. The van der Waals surface area contributed by atoms with Crippen molar-refractivity contribution in [1.82, 2.24) is 4.98 Å². The second-order valence-corrected chi connectivity index (χ2v) is 5.86. The lowest BCUT2D eigenvalue weighted by molar-refractivity contribution is 0.318. The van der Waals surface area contributed by atoms with E-state index in [0.717, 1.165) is 41.3 Å². The minimum Gasteiger partial charge on any atom is -0.409 e. The largest absolute Gasteiger partial charge is 0.409 e. The normalized spacial score (nSPS) is 16.6. The first-order valence-electron chi connectivity index (χ1n) is 6.50. The highest BCUT2D eigenvalue weighted by atomic mass is 32.2. The molecule has 0 saturated carbocycles. The first-order valence-corrected chi connectivity index (χ1v) is 7.65. The fourth-order valence-corrected chi connectivity index (χ4v) is 3.27. The summed E-state index contributed by atoms with van der Waals surface area (Å²) >= 11 is 1.94. The zero-order valence-electron chi connectivity index (χ0n) is 11.0. The molecule has 20 heavy (non-hydrogen) atoms. The Morgan fingerprint density at radius 2 is 2.05 bits per heavy atom. The SMILES string of the molecule is NC(=NO)c1cc2ccccc2nc1N1CCSCC1. The summed E-state index contributed by atoms with van der Waals surface area (Å²) in [6.45, 7) is 1.86. The number of benzene rings is 1. The molecule has 6 heteroatoms. The van der Waals surface area contributed by atoms with Gasteiger partial charge in [0, 0.05) is 30.0 Å². The number of nitrogens with two attached hydrogens (primary N) is 1. The number of thioether (sulfide) groups is 1. The number of oxime groups is 1. The van der Waals surface area contributed by atoms with Crippen molar-refractivity contribution in [2.45, 2.75) is 0 Å². The fraction of sp³-hybridized carbons (Fsp3) is 0.286. The minimum atomic E-state index is 0.108. The van der Waals surface area contributed by atoms with Gasteiger partial charge in [-0.05, 0) is 12.1 Å². The Balaban J connectivity index is 2.15. The van der Waals surface area contributed by atoms with Crippen LogP contribution in [0.2, 0.25) is 0 Å². The van der Waals surface area contributed by atoms with Gasteiger partial charge in [0.1, 0.15) is 5.82 Å². The van der Waals surface area contributed by atoms with Gasteiger partial charge in [0.25, 0.3) is 0 Å². The standard InChI is InChI=1S/C14H16N4OS/c15-13(17-19)11-9-10-3-1-2-4-12(10)16-14(11)18-5-7-20-8-6-18/h1-4,9,19H,5-8H2,(H2,15,17). The Hall–Kier alpha value is -1.95. The summed E-state index contributed by atoms with van der Waals surface area (Å²) in [6.07, 6.45) is 0. The molecule has 3 rings (SSSR count). The highest BCUT2D eigenvalue weighted by Crippen LogP contribution is 2.25. The molecule has 0 unspecified atom stereocenters. The maximum Gasteiger partial charge on any atom is 0.173 e. The highest BCUT2D eigenvalue weighted by Gasteiger charge is 2.19. The number of hydrogen-bond donors (Lipinski definition) is 2. The molecule has 3 N–H and O–H groups in total. The van der Waals surface area contributed by atoms with Crippen LogP contribution in [0.4, 0.5) is 5.82 Å². The molecule has 1 aliphatic heterocycles. The smallest absolute Gasteiger partial charge is 0.173 e. The van der Waals surface area contributed by atoms with Crippen LogP contribution in [0.5, 0.6) is 0 Å². The van der Waals surface area contributed by atoms with Crippen LogP contribution in [0.1, 0.15) is 5.56 Å². The van der Waals surface area contributed by atoms with E-state index >= 15 is 0 Å². The van der Waals surface area contributed by atoms with Gasteiger partial charge in [-0.25, -0.2) is 4.98 Å². The van der Waals surface area contributed by atoms with Gasteiger partial charge in [-0.1, -0.05) is 23.4 Å². The second-order valence-electron chi connectivity index (χ2n) is 4.64. The van der Waals surface area contributed by atoms with Crippen LogP contribution in [0.3, 0.4) is 0 Å². The van der Waals surface area contributed by atoms with Crippen LogP contribution < -0.4 is 10.6 Å². The summed E-state index contributed by atoms with van der Waals surface area (Å²) in [5.41, 5.74) is 7.44. The predicted octanol–water partition coefficient (Wildman–Crippen LogP) is 1.88. The molecule has 0 aliphatic carbocycles. The number of anilines is 1. The molecule has 0 bridgehead atoms. The van der Waals surface area contributed by atoms with Gasteiger partial charge in [-0.3, -0.25) is 0 Å². The summed E-state index contributed by atoms with van der Waals surface area (Å²) in [4.78, 5) is 6.92. The predicted molar refractivity (Wildman–Crippen MR) is 83.8 cm³/mol. The van der Waals surface area contributed by atoms with Gasteiger partial charge in [0.2, 0.25) is 0 Å². The Bertz CT molecular complexity index is 653. The van der Waals surface area contributed by atoms with E-state index in [4.69, 9.17) is 15.9 Å². The lowest BCUT2D eigenvalue weighted by atomic mass is 10.1. The number of rotatable bonds is 2. The fourth-order valence-electron chi connectivity index (χ4n) is 2.36. The molecule has 2 aromatic rings. The van der Waals surface area contributed by atoms with Crippen molar-refractivity contribution < 1.29 is 5.21 Å². The number of fused-ring (bicyclic) bond motifs is 1. The van der Waals surface area contributed by atoms with Crippen molar-refractivity contribution in [3.8, 4) is 0 Å². The van der Waals surface area contributed by atoms with Crippen LogP contribution in [0, 0.1) is 0 Å². The first-order chi connectivity index (χ1) is 9.79. The summed E-state index contributed by atoms with van der Waals surface area (Å²) in [7, 11) is 0. The third kappa shape index (κ3) is 2.38. The number of hydrogen-bond acceptors (Lipinski definition) is 5. The molecule has 1 saturated heterocycles. The number of nitrogens with zero attached hydrogens (tertiary/aromatic N) is 3. The average molecular weight is 288 g/mol. The Morgan fingerprint density at radius 3 is 2.80 bits per heavy atom. The van der Waals surface area contributed by atoms with E-state index in [-0.39, 0.29) is 5.84 Å². The summed E-state index contributed by atoms with van der Waals surface area (Å²) in [5.74, 6) is 3.06. The number of aromatic nitrogens is 1. The summed E-state index contributed by atoms with van der Waals surface area (Å²) in [5, 5.41) is 13.1. The third-order valence-electron chi connectivity index (χ3n) is 3.40. The topological polar surface area (TPSA) is 74.7 Å². The highest BCUT2D eigenvalue weighted by molar-refractivity contribution is 7.99. The van der Waals surface area contributed by atoms with Crippen LogP contribution in [-0.2, 0) is 0 Å². The Kier molecular flexibility index (Phi) is 3.64. The maximum absolute atomic E-state index is 9.00. The van der Waals surface area contributed by atoms with E-state index in [1.807, 2.05) is 42.1 Å². The van der Waals surface area contributed by atoms with Gasteiger partial charge in [0.15, 0.2) is 5.84 Å². The van der Waals surface area contributed by atoms with Crippen molar-refractivity contribution in [1.29, 1.82) is 0 Å². The van der Waals surface area contributed by atoms with Crippen LogP contribution in [-0.4, -0.2) is 40.6 Å². The van der Waals surface area contributed by atoms with Crippen LogP contribution in [0.25, 0.3) is 10.9 Å². The van der Waals surface area contributed by atoms with E-state index < -0.39 is 0 Å². The average Bonchev–Trinajstić information content (AvgIpc) is 2.53. The quantitative estimate of drug-likeness (QED) is 0.382. The molecule has 1 aromatic heterocycles. The van der Waals surface area contributed by atoms with Crippen LogP contribution in [0.15, 0.2) is 35.5 Å². The van der Waals surface area contributed by atoms with Gasteiger partial charge < -0.3 is 15.8 Å². The summed E-state index contributed by atoms with van der Waals surface area (Å²) in [6, 6.07) is 9.82. The van der Waals surface area contributed by atoms with E-state index in [1.54, 1.807) is 0 Å². The number of pyridine rings is 1. The van der Waals surface area contributed by atoms with Gasteiger partial charge in [-0.15, -0.1) is 0 Å². The Labute approximate surface area is 121 Å². The second kappa shape index (κ2) is 5.58. The minimum absolute atomic E-state index is 0.108. The molecule has 104 valence electrons. The number of para-hydroxylation sites is 1. The molecule has 1 fully saturated rings. The third-order valence-corrected chi connectivity index (χ3v) is 4.34. The molecule has 2 heterocycles. The molecule has 1 aliphatic rings. The van der Waals surface area contributed by atoms with Crippen LogP contribution >= 0.6 is 11.8 Å². The zero-order valence-corrected chi connectivity index (χ0v) is 11.8. The lowest BCUT2D eigenvalue weighted by Crippen LogP contribution is -2.35. The first kappa shape index (κ1) is 13.1. The molecule has 0 radical (unpaired) electrons. The molecule has 0 atom stereocenters. The van der Waals surface area contributed by atoms with Gasteiger partial charge >= 0.3 is 0 Å². The van der Waals surface area contributed by atoms with Crippen molar-refractivity contribution in [3.63, 3.8) is 0 Å². The molecule has 1 aromatic carbocycles. The molecular weight excluding hydrogens is 272 g/mol. The lowest BCUT2D eigenvalue weighted by Gasteiger charge is -2.29. The van der Waals surface area contributed by atoms with Crippen molar-refractivity contribution in [2.24, 2.45) is 10.9 Å². The van der Waals surface area contributed by atoms with Crippen molar-refractivity contribution >= 4 is 34.3 Å². The molecule has 0 amide bonds. The Morgan fingerprint density at radius 1 is 1.30 bits per heavy atom. The van der Waals surface area contributed by atoms with Gasteiger partial charge in [-0.2, -0.15) is 11.8 Å². The van der Waals surface area contributed by atoms with E-state index in [9.17, 15) is 0 Å². The zero-order chi connectivity index (χ0) is 13.9. The van der Waals surface area contributed by atoms with Crippen molar-refractivity contribution in [3.05, 3.63) is 35.9 Å². The molecular formula is C14H16N4OS. The van der Waals surface area contributed by atoms with Crippen molar-refractivity contribution in [2.75, 3.05) is 29.5 Å². The molecule has 5 nitrogen and oxygen atoms in total. The van der Waals surface area contributed by atoms with Gasteiger partial charge in [0.05, 0.1) is 11.1 Å². The maximum atomic E-state index is 9.00. The van der Waals surface area contributed by atoms with E-state index in [2.05, 4.69) is 10.1 Å². The molecule has 0 spiro atoms. The van der Waals surface area contributed by atoms with E-state index in [0.29, 0.717) is 5.56 Å². The monoisotopic (exact) mass is 288 g/mol. The number of amidine groups is 1.